The van der Waals surface area contributed by atoms with Gasteiger partial charge in [0, 0.05) is 13.1 Å². The van der Waals surface area contributed by atoms with Crippen LogP contribution in [0.15, 0.2) is 24.7 Å². The Morgan fingerprint density at radius 2 is 1.73 bits per heavy atom. The van der Waals surface area contributed by atoms with Crippen LogP contribution in [0.1, 0.15) is 0 Å². The van der Waals surface area contributed by atoms with E-state index in [0.29, 0.717) is 0 Å². The van der Waals surface area contributed by atoms with E-state index in [0.717, 1.165) is 19.6 Å². The van der Waals surface area contributed by atoms with Crippen molar-refractivity contribution in [2.45, 2.75) is 6.29 Å². The van der Waals surface area contributed by atoms with Crippen LogP contribution in [0.3, 0.4) is 0 Å². The number of hydrogen-bond acceptors (Lipinski definition) is 3. The van der Waals surface area contributed by atoms with E-state index in [1.165, 1.54) is 0 Å². The summed E-state index contributed by atoms with van der Waals surface area (Å²) in [5.74, 6) is 0. The minimum atomic E-state index is -0.118. The lowest BCUT2D eigenvalue weighted by Crippen LogP contribution is -2.31. The first-order valence-corrected chi connectivity index (χ1v) is 3.78. The molecule has 3 nitrogen and oxygen atoms in total. The lowest BCUT2D eigenvalue weighted by Gasteiger charge is -2.18. The van der Waals surface area contributed by atoms with Crippen molar-refractivity contribution in [2.24, 2.45) is 0 Å². The van der Waals surface area contributed by atoms with Crippen LogP contribution in [0.2, 0.25) is 0 Å². The zero-order valence-electron chi connectivity index (χ0n) is 6.27. The number of rotatable bonds is 0. The van der Waals surface area contributed by atoms with Gasteiger partial charge in [-0.25, -0.2) is 0 Å². The fraction of sp³-hybridized carbons (Fsp3) is 0.500. The van der Waals surface area contributed by atoms with Crippen LogP contribution in [-0.2, 0) is 9.47 Å². The summed E-state index contributed by atoms with van der Waals surface area (Å²) in [6.07, 6.45) is 7.31. The molecule has 2 heterocycles. The van der Waals surface area contributed by atoms with Crippen molar-refractivity contribution >= 4 is 0 Å². The summed E-state index contributed by atoms with van der Waals surface area (Å²) in [4.78, 5) is 2.26. The Labute approximate surface area is 65.9 Å². The highest BCUT2D eigenvalue weighted by Gasteiger charge is 2.17. The highest BCUT2D eigenvalue weighted by atomic mass is 16.7. The van der Waals surface area contributed by atoms with Crippen molar-refractivity contribution in [2.75, 3.05) is 19.6 Å². The zero-order chi connectivity index (χ0) is 7.52. The molecule has 60 valence electrons. The van der Waals surface area contributed by atoms with E-state index in [9.17, 15) is 0 Å². The SMILES string of the molecule is C1=COC2CN(C1)CC=CO2. The first kappa shape index (κ1) is 6.73. The summed E-state index contributed by atoms with van der Waals surface area (Å²) in [5.41, 5.74) is 0. The second-order valence-electron chi connectivity index (χ2n) is 2.66. The molecule has 0 aromatic carbocycles. The second kappa shape index (κ2) is 2.96. The van der Waals surface area contributed by atoms with Gasteiger partial charge in [0.2, 0.25) is 0 Å². The molecule has 0 unspecified atom stereocenters. The van der Waals surface area contributed by atoms with E-state index in [1.54, 1.807) is 12.5 Å². The van der Waals surface area contributed by atoms with Crippen LogP contribution in [0.25, 0.3) is 0 Å². The second-order valence-corrected chi connectivity index (χ2v) is 2.66. The predicted molar refractivity (Wildman–Crippen MR) is 40.7 cm³/mol. The number of hydrogen-bond donors (Lipinski definition) is 0. The molecule has 0 aliphatic carbocycles. The zero-order valence-corrected chi connectivity index (χ0v) is 6.27. The molecule has 0 aromatic rings. The van der Waals surface area contributed by atoms with Gasteiger partial charge >= 0.3 is 0 Å². The lowest BCUT2D eigenvalue weighted by atomic mass is 10.4. The van der Waals surface area contributed by atoms with Gasteiger partial charge in [0.25, 0.3) is 6.29 Å². The van der Waals surface area contributed by atoms with E-state index >= 15 is 0 Å². The normalized spacial score (nSPS) is 34.9. The monoisotopic (exact) mass is 153 g/mol. The summed E-state index contributed by atoms with van der Waals surface area (Å²) in [6, 6.07) is 0. The van der Waals surface area contributed by atoms with E-state index in [-0.39, 0.29) is 6.29 Å². The molecule has 2 rings (SSSR count). The molecular weight excluding hydrogens is 142 g/mol. The van der Waals surface area contributed by atoms with Gasteiger partial charge in [-0.05, 0) is 12.2 Å². The number of fused-ring (bicyclic) bond motifs is 2. The fourth-order valence-electron chi connectivity index (χ4n) is 1.22. The molecule has 0 aromatic heterocycles. The first-order chi connectivity index (χ1) is 5.45. The van der Waals surface area contributed by atoms with Crippen LogP contribution < -0.4 is 0 Å². The Bertz CT molecular complexity index is 153. The van der Waals surface area contributed by atoms with Gasteiger partial charge < -0.3 is 9.47 Å². The van der Waals surface area contributed by atoms with E-state index < -0.39 is 0 Å². The van der Waals surface area contributed by atoms with Gasteiger partial charge in [-0.1, -0.05) is 0 Å². The third-order valence-corrected chi connectivity index (χ3v) is 1.79. The van der Waals surface area contributed by atoms with E-state index in [4.69, 9.17) is 9.47 Å². The summed E-state index contributed by atoms with van der Waals surface area (Å²) in [6.45, 7) is 2.74. The van der Waals surface area contributed by atoms with Gasteiger partial charge in [0.1, 0.15) is 0 Å². The fourth-order valence-corrected chi connectivity index (χ4v) is 1.22. The number of nitrogens with zero attached hydrogens (tertiary/aromatic N) is 1. The van der Waals surface area contributed by atoms with Gasteiger partial charge in [-0.2, -0.15) is 0 Å². The Hall–Kier alpha value is -0.960. The third-order valence-electron chi connectivity index (χ3n) is 1.79. The molecule has 0 fully saturated rings. The molecule has 0 saturated carbocycles. The van der Waals surface area contributed by atoms with Crippen molar-refractivity contribution in [3.05, 3.63) is 24.7 Å². The van der Waals surface area contributed by atoms with Gasteiger partial charge in [0.05, 0.1) is 19.1 Å². The quantitative estimate of drug-likeness (QED) is 0.511. The van der Waals surface area contributed by atoms with E-state index in [2.05, 4.69) is 4.90 Å². The Kier molecular flexibility index (Phi) is 1.81. The molecule has 2 aliphatic heterocycles. The topological polar surface area (TPSA) is 21.7 Å². The molecule has 0 saturated heterocycles. The first-order valence-electron chi connectivity index (χ1n) is 3.78. The average Bonchev–Trinajstić information content (AvgIpc) is 2.36. The molecular formula is C8H11NO2. The molecule has 0 radical (unpaired) electrons. The largest absolute Gasteiger partial charge is 0.461 e. The highest BCUT2D eigenvalue weighted by Crippen LogP contribution is 2.08. The van der Waals surface area contributed by atoms with Gasteiger partial charge in [0.15, 0.2) is 0 Å². The summed E-state index contributed by atoms with van der Waals surface area (Å²) < 4.78 is 10.5. The van der Waals surface area contributed by atoms with Crippen molar-refractivity contribution in [1.29, 1.82) is 0 Å². The molecule has 2 aliphatic rings. The molecule has 3 heteroatoms. The molecule has 2 bridgehead atoms. The van der Waals surface area contributed by atoms with Crippen LogP contribution in [0.4, 0.5) is 0 Å². The van der Waals surface area contributed by atoms with Crippen LogP contribution in [0.5, 0.6) is 0 Å². The molecule has 0 spiro atoms. The van der Waals surface area contributed by atoms with Crippen LogP contribution >= 0.6 is 0 Å². The summed E-state index contributed by atoms with van der Waals surface area (Å²) >= 11 is 0. The lowest BCUT2D eigenvalue weighted by molar-refractivity contribution is -0.0664. The smallest absolute Gasteiger partial charge is 0.251 e. The molecule has 11 heavy (non-hydrogen) atoms. The van der Waals surface area contributed by atoms with Crippen molar-refractivity contribution in [1.82, 2.24) is 4.90 Å². The predicted octanol–water partition coefficient (Wildman–Crippen LogP) is 0.702. The van der Waals surface area contributed by atoms with Gasteiger partial charge in [-0.3, -0.25) is 4.90 Å². The van der Waals surface area contributed by atoms with Crippen LogP contribution in [-0.4, -0.2) is 30.8 Å². The Balaban J connectivity index is 2.09. The maximum Gasteiger partial charge on any atom is 0.251 e. The van der Waals surface area contributed by atoms with Crippen LogP contribution in [0, 0.1) is 0 Å². The maximum absolute atomic E-state index is 5.26. The molecule has 0 atom stereocenters. The average molecular weight is 153 g/mol. The highest BCUT2D eigenvalue weighted by molar-refractivity contribution is 4.90. The van der Waals surface area contributed by atoms with Crippen molar-refractivity contribution < 1.29 is 9.47 Å². The Morgan fingerprint density at radius 1 is 1.09 bits per heavy atom. The third kappa shape index (κ3) is 1.54. The van der Waals surface area contributed by atoms with Crippen molar-refractivity contribution in [3.63, 3.8) is 0 Å². The van der Waals surface area contributed by atoms with Crippen molar-refractivity contribution in [3.8, 4) is 0 Å². The Morgan fingerprint density at radius 3 is 2.36 bits per heavy atom. The summed E-state index contributed by atoms with van der Waals surface area (Å²) in [5, 5.41) is 0. The minimum absolute atomic E-state index is 0.118. The maximum atomic E-state index is 5.26. The molecule has 0 amide bonds. The summed E-state index contributed by atoms with van der Waals surface area (Å²) in [7, 11) is 0. The minimum Gasteiger partial charge on any atom is -0.461 e. The van der Waals surface area contributed by atoms with E-state index in [1.807, 2.05) is 12.2 Å². The number of ether oxygens (including phenoxy) is 2. The van der Waals surface area contributed by atoms with Gasteiger partial charge in [-0.15, -0.1) is 0 Å². The standard InChI is InChI=1S/C8H11NO2/c1-3-9-4-2-6-11-8(7-9)10-5-1/h1-2,5-6,8H,3-4,7H2. The molecule has 0 N–H and O–H groups in total.